The van der Waals surface area contributed by atoms with Gasteiger partial charge in [-0.2, -0.15) is 0 Å². The number of thiophene rings is 1. The maximum absolute atomic E-state index is 12.4. The lowest BCUT2D eigenvalue weighted by molar-refractivity contribution is 0.128. The van der Waals surface area contributed by atoms with Gasteiger partial charge in [0.1, 0.15) is 17.9 Å². The minimum Gasteiger partial charge on any atom is -0.364 e. The van der Waals surface area contributed by atoms with Gasteiger partial charge in [-0.1, -0.05) is 6.92 Å². The highest BCUT2D eigenvalue weighted by Gasteiger charge is 2.22. The number of hydrogen-bond acceptors (Lipinski definition) is 4. The standard InChI is InChI=1S/C13H16N2O2S/c1-8-3-4-9-10(5-8)18-12-11(9)13(16)15(6-14-12)7-17-2/h6,8H,3-5,7H2,1-2H3. The normalized spacial score (nSPS) is 19.1. The average Bonchev–Trinajstić information content (AvgIpc) is 2.71. The van der Waals surface area contributed by atoms with Crippen LogP contribution in [0.4, 0.5) is 0 Å². The number of ether oxygens (including phenoxy) is 1. The summed E-state index contributed by atoms with van der Waals surface area (Å²) >= 11 is 1.68. The van der Waals surface area contributed by atoms with Crippen molar-refractivity contribution in [2.75, 3.05) is 7.11 Å². The van der Waals surface area contributed by atoms with Crippen LogP contribution in [0.5, 0.6) is 0 Å². The lowest BCUT2D eigenvalue weighted by Gasteiger charge is -2.17. The van der Waals surface area contributed by atoms with Crippen LogP contribution in [0, 0.1) is 5.92 Å². The van der Waals surface area contributed by atoms with Gasteiger partial charge in [0.15, 0.2) is 0 Å². The Hall–Kier alpha value is -1.20. The van der Waals surface area contributed by atoms with Crippen LogP contribution in [-0.2, 0) is 24.3 Å². The van der Waals surface area contributed by atoms with Gasteiger partial charge in [-0.05, 0) is 30.7 Å². The quantitative estimate of drug-likeness (QED) is 0.835. The van der Waals surface area contributed by atoms with E-state index in [1.54, 1.807) is 24.8 Å². The molecule has 18 heavy (non-hydrogen) atoms. The zero-order valence-corrected chi connectivity index (χ0v) is 11.4. The second-order valence-electron chi connectivity index (χ2n) is 4.97. The van der Waals surface area contributed by atoms with Crippen molar-refractivity contribution in [1.82, 2.24) is 9.55 Å². The largest absolute Gasteiger partial charge is 0.364 e. The van der Waals surface area contributed by atoms with E-state index in [1.807, 2.05) is 0 Å². The maximum atomic E-state index is 12.4. The van der Waals surface area contributed by atoms with Gasteiger partial charge in [0.2, 0.25) is 0 Å². The Labute approximate surface area is 109 Å². The molecule has 2 heterocycles. The molecule has 2 aromatic rings. The zero-order chi connectivity index (χ0) is 12.7. The number of hydrogen-bond donors (Lipinski definition) is 0. The van der Waals surface area contributed by atoms with Crippen LogP contribution >= 0.6 is 11.3 Å². The highest BCUT2D eigenvalue weighted by atomic mass is 32.1. The molecule has 0 fully saturated rings. The summed E-state index contributed by atoms with van der Waals surface area (Å²) in [6.07, 6.45) is 4.83. The Morgan fingerprint density at radius 1 is 1.61 bits per heavy atom. The number of aryl methyl sites for hydroxylation is 1. The molecule has 96 valence electrons. The van der Waals surface area contributed by atoms with E-state index >= 15 is 0 Å². The van der Waals surface area contributed by atoms with Crippen molar-refractivity contribution < 1.29 is 4.74 Å². The molecular formula is C13H16N2O2S. The Kier molecular flexibility index (Phi) is 2.95. The van der Waals surface area contributed by atoms with Crippen LogP contribution in [0.25, 0.3) is 10.2 Å². The summed E-state index contributed by atoms with van der Waals surface area (Å²) < 4.78 is 6.56. The summed E-state index contributed by atoms with van der Waals surface area (Å²) in [5, 5.41) is 0.821. The summed E-state index contributed by atoms with van der Waals surface area (Å²) in [7, 11) is 1.58. The minimum atomic E-state index is 0.0360. The Morgan fingerprint density at radius 2 is 2.44 bits per heavy atom. The second kappa shape index (κ2) is 4.48. The van der Waals surface area contributed by atoms with Gasteiger partial charge in [0, 0.05) is 12.0 Å². The van der Waals surface area contributed by atoms with Crippen LogP contribution in [0.2, 0.25) is 0 Å². The van der Waals surface area contributed by atoms with Gasteiger partial charge in [-0.3, -0.25) is 9.36 Å². The van der Waals surface area contributed by atoms with Gasteiger partial charge in [-0.15, -0.1) is 11.3 Å². The van der Waals surface area contributed by atoms with Gasteiger partial charge in [-0.25, -0.2) is 4.98 Å². The molecule has 0 aromatic carbocycles. The Bertz CT molecular complexity index is 644. The summed E-state index contributed by atoms with van der Waals surface area (Å²) in [4.78, 5) is 19.0. The summed E-state index contributed by atoms with van der Waals surface area (Å²) in [6.45, 7) is 2.53. The molecule has 4 nitrogen and oxygen atoms in total. The first kappa shape index (κ1) is 11.9. The fourth-order valence-corrected chi connectivity index (χ4v) is 3.94. The van der Waals surface area contributed by atoms with Crippen LogP contribution in [-0.4, -0.2) is 16.7 Å². The van der Waals surface area contributed by atoms with Crippen molar-refractivity contribution in [3.8, 4) is 0 Å². The van der Waals surface area contributed by atoms with Crippen molar-refractivity contribution in [1.29, 1.82) is 0 Å². The molecule has 0 aliphatic heterocycles. The smallest absolute Gasteiger partial charge is 0.264 e. The van der Waals surface area contributed by atoms with Crippen molar-refractivity contribution >= 4 is 21.6 Å². The van der Waals surface area contributed by atoms with E-state index in [4.69, 9.17) is 4.74 Å². The third-order valence-corrected chi connectivity index (χ3v) is 4.71. The molecule has 0 spiro atoms. The first-order chi connectivity index (χ1) is 8.70. The molecule has 3 rings (SSSR count). The summed E-state index contributed by atoms with van der Waals surface area (Å²) in [5.41, 5.74) is 1.27. The highest BCUT2D eigenvalue weighted by Crippen LogP contribution is 2.35. The molecule has 5 heteroatoms. The van der Waals surface area contributed by atoms with Gasteiger partial charge in [0.05, 0.1) is 5.39 Å². The van der Waals surface area contributed by atoms with Crippen LogP contribution < -0.4 is 5.56 Å². The van der Waals surface area contributed by atoms with E-state index in [0.29, 0.717) is 5.92 Å². The molecule has 0 radical (unpaired) electrons. The number of fused-ring (bicyclic) bond motifs is 3. The molecule has 0 bridgehead atoms. The van der Waals surface area contributed by atoms with E-state index in [0.717, 1.165) is 29.5 Å². The SMILES string of the molecule is COCn1cnc2sc3c(c2c1=O)CCC(C)C3. The molecule has 0 amide bonds. The van der Waals surface area contributed by atoms with Crippen molar-refractivity contribution in [2.24, 2.45) is 5.92 Å². The molecule has 1 unspecified atom stereocenters. The minimum absolute atomic E-state index is 0.0360. The van der Waals surface area contributed by atoms with E-state index < -0.39 is 0 Å². The first-order valence-corrected chi connectivity index (χ1v) is 7.01. The molecule has 1 atom stereocenters. The lowest BCUT2D eigenvalue weighted by atomic mass is 9.89. The molecule has 0 saturated carbocycles. The Balaban J connectivity index is 2.22. The van der Waals surface area contributed by atoms with Crippen LogP contribution in [0.15, 0.2) is 11.1 Å². The molecule has 1 aliphatic carbocycles. The van der Waals surface area contributed by atoms with Crippen LogP contribution in [0.1, 0.15) is 23.8 Å². The monoisotopic (exact) mass is 264 g/mol. The van der Waals surface area contributed by atoms with E-state index in [9.17, 15) is 4.79 Å². The van der Waals surface area contributed by atoms with Crippen LogP contribution in [0.3, 0.4) is 0 Å². The van der Waals surface area contributed by atoms with E-state index in [2.05, 4.69) is 11.9 Å². The van der Waals surface area contributed by atoms with Gasteiger partial charge in [0.25, 0.3) is 5.56 Å². The van der Waals surface area contributed by atoms with E-state index in [1.165, 1.54) is 15.0 Å². The van der Waals surface area contributed by atoms with Gasteiger partial charge < -0.3 is 4.74 Å². The lowest BCUT2D eigenvalue weighted by Crippen LogP contribution is -2.22. The molecular weight excluding hydrogens is 248 g/mol. The number of methoxy groups -OCH3 is 1. The second-order valence-corrected chi connectivity index (χ2v) is 6.05. The zero-order valence-electron chi connectivity index (χ0n) is 10.6. The topological polar surface area (TPSA) is 44.1 Å². The first-order valence-electron chi connectivity index (χ1n) is 6.19. The van der Waals surface area contributed by atoms with Crippen molar-refractivity contribution in [3.63, 3.8) is 0 Å². The maximum Gasteiger partial charge on any atom is 0.264 e. The number of aromatic nitrogens is 2. The molecule has 0 N–H and O–H groups in total. The third-order valence-electron chi connectivity index (χ3n) is 3.55. The van der Waals surface area contributed by atoms with Gasteiger partial charge >= 0.3 is 0 Å². The summed E-state index contributed by atoms with van der Waals surface area (Å²) in [5.74, 6) is 0.715. The van der Waals surface area contributed by atoms with Crippen molar-refractivity contribution in [2.45, 2.75) is 32.9 Å². The predicted molar refractivity (Wildman–Crippen MR) is 72.1 cm³/mol. The number of nitrogens with zero attached hydrogens (tertiary/aromatic N) is 2. The third kappa shape index (κ3) is 1.78. The fourth-order valence-electron chi connectivity index (χ4n) is 2.60. The predicted octanol–water partition coefficient (Wildman–Crippen LogP) is 2.19. The fraction of sp³-hybridized carbons (Fsp3) is 0.538. The Morgan fingerprint density at radius 3 is 3.22 bits per heavy atom. The summed E-state index contributed by atoms with van der Waals surface area (Å²) in [6, 6.07) is 0. The van der Waals surface area contributed by atoms with E-state index in [-0.39, 0.29) is 12.3 Å². The molecule has 1 aliphatic rings. The highest BCUT2D eigenvalue weighted by molar-refractivity contribution is 7.18. The average molecular weight is 264 g/mol. The molecule has 2 aromatic heterocycles. The van der Waals surface area contributed by atoms with Crippen molar-refractivity contribution in [3.05, 3.63) is 27.1 Å². The molecule has 0 saturated heterocycles. The number of rotatable bonds is 2.